The van der Waals surface area contributed by atoms with Gasteiger partial charge in [0.25, 0.3) is 0 Å². The monoisotopic (exact) mass is 279 g/mol. The van der Waals surface area contributed by atoms with Crippen LogP contribution in [0.5, 0.6) is 0 Å². The van der Waals surface area contributed by atoms with E-state index in [2.05, 4.69) is 36.0 Å². The number of hydrogen-bond donors (Lipinski definition) is 1. The largest absolute Gasteiger partial charge is 0.316 e. The van der Waals surface area contributed by atoms with Gasteiger partial charge in [-0.05, 0) is 72.5 Å². The van der Waals surface area contributed by atoms with Gasteiger partial charge in [-0.2, -0.15) is 11.3 Å². The van der Waals surface area contributed by atoms with Crippen molar-refractivity contribution in [3.05, 3.63) is 22.4 Å². The highest BCUT2D eigenvalue weighted by atomic mass is 32.1. The van der Waals surface area contributed by atoms with Gasteiger partial charge < -0.3 is 5.32 Å². The predicted octanol–water partition coefficient (Wildman–Crippen LogP) is 4.73. The summed E-state index contributed by atoms with van der Waals surface area (Å²) in [5, 5.41) is 8.25. The van der Waals surface area contributed by atoms with Crippen molar-refractivity contribution in [2.75, 3.05) is 13.1 Å². The van der Waals surface area contributed by atoms with Crippen LogP contribution in [0.1, 0.15) is 51.5 Å². The van der Waals surface area contributed by atoms with Gasteiger partial charge in [-0.15, -0.1) is 0 Å². The lowest BCUT2D eigenvalue weighted by molar-refractivity contribution is 0.294. The summed E-state index contributed by atoms with van der Waals surface area (Å²) in [6, 6.07) is 2.31. The molecule has 2 heteroatoms. The van der Waals surface area contributed by atoms with Gasteiger partial charge in [-0.3, -0.25) is 0 Å². The smallest absolute Gasteiger partial charge is 0.00176 e. The van der Waals surface area contributed by atoms with Crippen molar-refractivity contribution in [1.29, 1.82) is 0 Å². The van der Waals surface area contributed by atoms with E-state index in [1.165, 1.54) is 51.6 Å². The van der Waals surface area contributed by atoms with E-state index in [4.69, 9.17) is 0 Å². The van der Waals surface area contributed by atoms with Gasteiger partial charge in [0.15, 0.2) is 0 Å². The Hall–Kier alpha value is -0.340. The van der Waals surface area contributed by atoms with Crippen molar-refractivity contribution in [3.63, 3.8) is 0 Å². The molecule has 0 aromatic carbocycles. The van der Waals surface area contributed by atoms with Crippen molar-refractivity contribution in [3.8, 4) is 0 Å². The predicted molar refractivity (Wildman–Crippen MR) is 85.8 cm³/mol. The first-order valence-electron chi connectivity index (χ1n) is 7.97. The van der Waals surface area contributed by atoms with E-state index in [0.717, 1.165) is 17.8 Å². The first kappa shape index (κ1) is 15.1. The second-order valence-corrected chi connectivity index (χ2v) is 7.33. The molecule has 0 bridgehead atoms. The molecule has 1 saturated carbocycles. The zero-order chi connectivity index (χ0) is 13.5. The third-order valence-electron chi connectivity index (χ3n) is 4.35. The van der Waals surface area contributed by atoms with E-state index in [9.17, 15) is 0 Å². The minimum absolute atomic E-state index is 0.765. The summed E-state index contributed by atoms with van der Waals surface area (Å²) in [7, 11) is 0. The van der Waals surface area contributed by atoms with Gasteiger partial charge in [0.05, 0.1) is 0 Å². The van der Waals surface area contributed by atoms with E-state index < -0.39 is 0 Å². The molecule has 1 aliphatic rings. The molecular weight excluding hydrogens is 250 g/mol. The minimum atomic E-state index is 0.765. The summed E-state index contributed by atoms with van der Waals surface area (Å²) in [5.74, 6) is 2.55. The van der Waals surface area contributed by atoms with Crippen molar-refractivity contribution < 1.29 is 0 Å². The van der Waals surface area contributed by atoms with Crippen LogP contribution >= 0.6 is 11.3 Å². The summed E-state index contributed by atoms with van der Waals surface area (Å²) in [4.78, 5) is 0. The SMILES string of the molecule is CC(C)CNCC1CCCCCC1Cc1ccsc1. The number of nitrogens with one attached hydrogen (secondary N) is 1. The molecule has 1 aromatic rings. The molecule has 2 unspecified atom stereocenters. The fraction of sp³-hybridized carbons (Fsp3) is 0.765. The van der Waals surface area contributed by atoms with Crippen LogP contribution in [0.25, 0.3) is 0 Å². The Kier molecular flexibility index (Phi) is 6.39. The van der Waals surface area contributed by atoms with Crippen molar-refractivity contribution in [2.45, 2.75) is 52.4 Å². The Balaban J connectivity index is 1.87. The summed E-state index contributed by atoms with van der Waals surface area (Å²) in [6.07, 6.45) is 8.49. The molecule has 19 heavy (non-hydrogen) atoms. The second-order valence-electron chi connectivity index (χ2n) is 6.55. The summed E-state index contributed by atoms with van der Waals surface area (Å²) < 4.78 is 0. The molecule has 0 saturated heterocycles. The third-order valence-corrected chi connectivity index (χ3v) is 5.09. The lowest BCUT2D eigenvalue weighted by atomic mass is 9.83. The van der Waals surface area contributed by atoms with Crippen LogP contribution < -0.4 is 5.32 Å². The van der Waals surface area contributed by atoms with Crippen LogP contribution in [-0.4, -0.2) is 13.1 Å². The van der Waals surface area contributed by atoms with E-state index in [1.54, 1.807) is 5.56 Å². The molecule has 1 aromatic heterocycles. The minimum Gasteiger partial charge on any atom is -0.316 e. The molecule has 1 nitrogen and oxygen atoms in total. The fourth-order valence-corrected chi connectivity index (χ4v) is 3.95. The highest BCUT2D eigenvalue weighted by Crippen LogP contribution is 2.31. The second kappa shape index (κ2) is 8.06. The maximum atomic E-state index is 3.69. The Labute approximate surface area is 122 Å². The zero-order valence-corrected chi connectivity index (χ0v) is 13.3. The van der Waals surface area contributed by atoms with Gasteiger partial charge in [0, 0.05) is 0 Å². The Morgan fingerprint density at radius 1 is 1.21 bits per heavy atom. The number of rotatable bonds is 6. The molecule has 0 radical (unpaired) electrons. The van der Waals surface area contributed by atoms with E-state index in [1.807, 2.05) is 11.3 Å². The summed E-state index contributed by atoms with van der Waals surface area (Å²) in [5.41, 5.74) is 1.56. The van der Waals surface area contributed by atoms with Gasteiger partial charge in [-0.1, -0.05) is 33.1 Å². The normalized spacial score (nSPS) is 24.6. The Morgan fingerprint density at radius 2 is 2.00 bits per heavy atom. The van der Waals surface area contributed by atoms with Crippen LogP contribution in [0.4, 0.5) is 0 Å². The fourth-order valence-electron chi connectivity index (χ4n) is 3.27. The average molecular weight is 279 g/mol. The lowest BCUT2D eigenvalue weighted by Gasteiger charge is -2.25. The molecule has 1 fully saturated rings. The van der Waals surface area contributed by atoms with Crippen molar-refractivity contribution in [2.24, 2.45) is 17.8 Å². The highest BCUT2D eigenvalue weighted by molar-refractivity contribution is 7.07. The molecule has 0 aliphatic heterocycles. The van der Waals surface area contributed by atoms with Crippen LogP contribution in [0, 0.1) is 17.8 Å². The molecule has 1 heterocycles. The Bertz CT molecular complexity index is 331. The van der Waals surface area contributed by atoms with E-state index in [-0.39, 0.29) is 0 Å². The molecule has 108 valence electrons. The lowest BCUT2D eigenvalue weighted by Crippen LogP contribution is -2.31. The van der Waals surface area contributed by atoms with Crippen LogP contribution in [0.3, 0.4) is 0 Å². The molecule has 1 aliphatic carbocycles. The Morgan fingerprint density at radius 3 is 2.68 bits per heavy atom. The first-order chi connectivity index (χ1) is 9.25. The summed E-state index contributed by atoms with van der Waals surface area (Å²) in [6.45, 7) is 6.99. The maximum Gasteiger partial charge on any atom is -0.00176 e. The van der Waals surface area contributed by atoms with E-state index in [0.29, 0.717) is 0 Å². The van der Waals surface area contributed by atoms with E-state index >= 15 is 0 Å². The zero-order valence-electron chi connectivity index (χ0n) is 12.5. The molecular formula is C17H29NS. The van der Waals surface area contributed by atoms with Crippen LogP contribution in [-0.2, 0) is 6.42 Å². The standard InChI is InChI=1S/C17H29NS/c1-14(2)11-18-12-17-7-5-3-4-6-16(17)10-15-8-9-19-13-15/h8-9,13-14,16-18H,3-7,10-12H2,1-2H3. The van der Waals surface area contributed by atoms with Crippen molar-refractivity contribution in [1.82, 2.24) is 5.32 Å². The molecule has 0 spiro atoms. The number of hydrogen-bond acceptors (Lipinski definition) is 2. The average Bonchev–Trinajstić information content (AvgIpc) is 2.78. The third kappa shape index (κ3) is 5.27. The molecule has 0 amide bonds. The van der Waals surface area contributed by atoms with Crippen LogP contribution in [0.2, 0.25) is 0 Å². The van der Waals surface area contributed by atoms with Crippen LogP contribution in [0.15, 0.2) is 16.8 Å². The topological polar surface area (TPSA) is 12.0 Å². The van der Waals surface area contributed by atoms with Gasteiger partial charge in [0.1, 0.15) is 0 Å². The quantitative estimate of drug-likeness (QED) is 0.742. The molecule has 2 rings (SSSR count). The molecule has 2 atom stereocenters. The van der Waals surface area contributed by atoms with Gasteiger partial charge in [-0.25, -0.2) is 0 Å². The molecule has 1 N–H and O–H groups in total. The van der Waals surface area contributed by atoms with Crippen molar-refractivity contribution >= 4 is 11.3 Å². The van der Waals surface area contributed by atoms with Gasteiger partial charge in [0.2, 0.25) is 0 Å². The number of thiophene rings is 1. The van der Waals surface area contributed by atoms with Gasteiger partial charge >= 0.3 is 0 Å². The summed E-state index contributed by atoms with van der Waals surface area (Å²) >= 11 is 1.84. The first-order valence-corrected chi connectivity index (χ1v) is 8.91. The maximum absolute atomic E-state index is 3.69. The highest BCUT2D eigenvalue weighted by Gasteiger charge is 2.23.